The Morgan fingerprint density at radius 3 is 2.58 bits per heavy atom. The highest BCUT2D eigenvalue weighted by atomic mass is 35.5. The van der Waals surface area contributed by atoms with Gasteiger partial charge >= 0.3 is 5.97 Å². The third-order valence-electron chi connectivity index (χ3n) is 7.81. The summed E-state index contributed by atoms with van der Waals surface area (Å²) in [5.74, 6) is -0.635. The van der Waals surface area contributed by atoms with Crippen molar-refractivity contribution in [2.24, 2.45) is 0 Å². The van der Waals surface area contributed by atoms with Crippen LogP contribution in [0.4, 0.5) is 9.52 Å². The molecule has 1 N–H and O–H groups in total. The Bertz CT molecular complexity index is 1590. The minimum atomic E-state index is -1.17. The largest absolute Gasteiger partial charge is 0.478 e. The third-order valence-corrected chi connectivity index (χ3v) is 9.46. The summed E-state index contributed by atoms with van der Waals surface area (Å²) >= 11 is 14.3. The van der Waals surface area contributed by atoms with Crippen molar-refractivity contribution in [2.45, 2.75) is 56.4 Å². The van der Waals surface area contributed by atoms with Crippen LogP contribution < -0.4 is 4.90 Å². The van der Waals surface area contributed by atoms with Crippen LogP contribution in [-0.4, -0.2) is 52.6 Å². The zero-order valence-electron chi connectivity index (χ0n) is 21.1. The fourth-order valence-electron chi connectivity index (χ4n) is 5.77. The number of rotatable bonds is 7. The Labute approximate surface area is 242 Å². The van der Waals surface area contributed by atoms with Crippen molar-refractivity contribution in [2.75, 3.05) is 18.1 Å². The summed E-state index contributed by atoms with van der Waals surface area (Å²) in [6.07, 6.45) is 3.45. The molecule has 2 aromatic carbocycles. The van der Waals surface area contributed by atoms with Crippen LogP contribution in [0.15, 0.2) is 34.9 Å². The maximum atomic E-state index is 14.7. The summed E-state index contributed by atoms with van der Waals surface area (Å²) in [5.41, 5.74) is 2.25. The van der Waals surface area contributed by atoms with Gasteiger partial charge in [0.1, 0.15) is 17.0 Å². The molecule has 3 aliphatic rings. The lowest BCUT2D eigenvalue weighted by molar-refractivity contribution is -0.0394. The van der Waals surface area contributed by atoms with Crippen molar-refractivity contribution < 1.29 is 28.3 Å². The average Bonchev–Trinajstić information content (AvgIpc) is 3.53. The van der Waals surface area contributed by atoms with E-state index in [9.17, 15) is 14.3 Å². The molecule has 40 heavy (non-hydrogen) atoms. The molecule has 12 heteroatoms. The minimum absolute atomic E-state index is 0.0112. The van der Waals surface area contributed by atoms with Gasteiger partial charge in [-0.25, -0.2) is 14.2 Å². The molecule has 208 valence electrons. The van der Waals surface area contributed by atoms with Gasteiger partial charge in [0.05, 0.1) is 58.3 Å². The van der Waals surface area contributed by atoms with E-state index in [1.807, 2.05) is 0 Å². The molecule has 2 bridgehead atoms. The minimum Gasteiger partial charge on any atom is -0.478 e. The number of aromatic carboxylic acids is 1. The lowest BCUT2D eigenvalue weighted by Crippen LogP contribution is -2.58. The molecule has 2 aliphatic heterocycles. The standard InChI is InChI=1S/C28H24Cl2FN3O5S/c29-19-2-1-3-20(30)23(19)24-18(26(39-33-24)13-4-5-13)12-38-17-8-15-10-37-11-16(9-17)34(15)28-32-25-21(31)6-14(27(35)36)7-22(25)40-28/h1-3,6-7,13,15-17H,4-5,8-12H2,(H,35,36). The summed E-state index contributed by atoms with van der Waals surface area (Å²) in [5, 5.41) is 15.4. The number of hydrogen-bond acceptors (Lipinski definition) is 8. The number of piperidine rings is 1. The number of carboxylic acids is 1. The van der Waals surface area contributed by atoms with E-state index in [2.05, 4.69) is 15.0 Å². The van der Waals surface area contributed by atoms with Crippen LogP contribution in [0.2, 0.25) is 10.0 Å². The highest BCUT2D eigenvalue weighted by Gasteiger charge is 2.42. The molecular weight excluding hydrogens is 580 g/mol. The van der Waals surface area contributed by atoms with Crippen LogP contribution >= 0.6 is 34.5 Å². The predicted molar refractivity (Wildman–Crippen MR) is 149 cm³/mol. The maximum absolute atomic E-state index is 14.7. The smallest absolute Gasteiger partial charge is 0.335 e. The van der Waals surface area contributed by atoms with Gasteiger partial charge in [-0.2, -0.15) is 0 Å². The molecule has 2 saturated heterocycles. The molecule has 4 heterocycles. The number of morpholine rings is 1. The molecule has 0 spiro atoms. The van der Waals surface area contributed by atoms with E-state index in [0.29, 0.717) is 69.7 Å². The number of carbonyl (C=O) groups is 1. The number of halogens is 3. The monoisotopic (exact) mass is 603 g/mol. The first-order chi connectivity index (χ1) is 19.4. The first kappa shape index (κ1) is 26.2. The summed E-state index contributed by atoms with van der Waals surface area (Å²) in [7, 11) is 0. The zero-order valence-corrected chi connectivity index (χ0v) is 23.4. The van der Waals surface area contributed by atoms with Crippen molar-refractivity contribution in [3.8, 4) is 11.3 Å². The van der Waals surface area contributed by atoms with Gasteiger partial charge in [0.15, 0.2) is 10.9 Å². The maximum Gasteiger partial charge on any atom is 0.335 e. The van der Waals surface area contributed by atoms with Crippen molar-refractivity contribution >= 4 is 55.9 Å². The van der Waals surface area contributed by atoms with E-state index in [-0.39, 0.29) is 29.3 Å². The van der Waals surface area contributed by atoms with Gasteiger partial charge in [-0.15, -0.1) is 0 Å². The van der Waals surface area contributed by atoms with E-state index in [4.69, 9.17) is 37.2 Å². The Kier molecular flexibility index (Phi) is 6.71. The van der Waals surface area contributed by atoms with Crippen LogP contribution in [0, 0.1) is 5.82 Å². The van der Waals surface area contributed by atoms with E-state index >= 15 is 0 Å². The Hall–Kier alpha value is -2.76. The van der Waals surface area contributed by atoms with E-state index < -0.39 is 11.8 Å². The van der Waals surface area contributed by atoms with E-state index in [0.717, 1.165) is 30.2 Å². The van der Waals surface area contributed by atoms with Gasteiger partial charge in [-0.05, 0) is 49.9 Å². The topological polar surface area (TPSA) is 97.9 Å². The molecule has 1 aliphatic carbocycles. The summed E-state index contributed by atoms with van der Waals surface area (Å²) in [6.45, 7) is 1.31. The van der Waals surface area contributed by atoms with Gasteiger partial charge in [0, 0.05) is 17.0 Å². The molecule has 0 amide bonds. The second-order valence-corrected chi connectivity index (χ2v) is 12.3. The van der Waals surface area contributed by atoms with Crippen molar-refractivity contribution in [3.63, 3.8) is 0 Å². The van der Waals surface area contributed by atoms with Crippen molar-refractivity contribution in [3.05, 3.63) is 63.1 Å². The van der Waals surface area contributed by atoms with Gasteiger partial charge in [0.25, 0.3) is 0 Å². The van der Waals surface area contributed by atoms with Crippen molar-refractivity contribution in [1.82, 2.24) is 10.1 Å². The van der Waals surface area contributed by atoms with Crippen molar-refractivity contribution in [1.29, 1.82) is 0 Å². The van der Waals surface area contributed by atoms with Gasteiger partial charge in [-0.1, -0.05) is 45.8 Å². The number of aromatic nitrogens is 2. The fourth-order valence-corrected chi connectivity index (χ4v) is 7.51. The lowest BCUT2D eigenvalue weighted by Gasteiger charge is -2.48. The molecule has 1 saturated carbocycles. The summed E-state index contributed by atoms with van der Waals surface area (Å²) in [6, 6.07) is 7.84. The predicted octanol–water partition coefficient (Wildman–Crippen LogP) is 6.93. The first-order valence-corrected chi connectivity index (χ1v) is 14.7. The van der Waals surface area contributed by atoms with Crippen LogP contribution in [0.25, 0.3) is 21.5 Å². The Morgan fingerprint density at radius 1 is 1.18 bits per heavy atom. The number of thiazole rings is 1. The molecule has 8 nitrogen and oxygen atoms in total. The number of carboxylic acid groups (broad SMARTS) is 1. The van der Waals surface area contributed by atoms with E-state index in [1.165, 1.54) is 17.4 Å². The molecule has 2 aromatic heterocycles. The fraction of sp³-hybridized carbons (Fsp3) is 0.393. The molecule has 4 aromatic rings. The summed E-state index contributed by atoms with van der Waals surface area (Å²) in [4.78, 5) is 18.2. The molecular formula is C28H24Cl2FN3O5S. The molecule has 3 fully saturated rings. The SMILES string of the molecule is O=C(O)c1cc(F)c2nc(N3C4COCC3CC(OCc3c(-c5c(Cl)cccc5Cl)noc3C3CC3)C4)sc2c1. The second kappa shape index (κ2) is 10.3. The number of anilines is 1. The number of hydrogen-bond donors (Lipinski definition) is 1. The van der Waals surface area contributed by atoms with Gasteiger partial charge < -0.3 is 24.0 Å². The molecule has 0 radical (unpaired) electrons. The highest BCUT2D eigenvalue weighted by Crippen LogP contribution is 2.46. The Balaban J connectivity index is 1.13. The average molecular weight is 604 g/mol. The number of benzene rings is 2. The van der Waals surface area contributed by atoms with Gasteiger partial charge in [0.2, 0.25) is 0 Å². The van der Waals surface area contributed by atoms with Gasteiger partial charge in [-0.3, -0.25) is 0 Å². The summed E-state index contributed by atoms with van der Waals surface area (Å²) < 4.78 is 33.3. The quantitative estimate of drug-likeness (QED) is 0.243. The third kappa shape index (κ3) is 4.65. The normalized spacial score (nSPS) is 22.7. The second-order valence-electron chi connectivity index (χ2n) is 10.5. The molecule has 7 rings (SSSR count). The number of ether oxygens (including phenoxy) is 2. The van der Waals surface area contributed by atoms with E-state index in [1.54, 1.807) is 18.2 Å². The van der Waals surface area contributed by atoms with Crippen LogP contribution in [0.3, 0.4) is 0 Å². The Morgan fingerprint density at radius 2 is 1.90 bits per heavy atom. The first-order valence-electron chi connectivity index (χ1n) is 13.1. The number of nitrogens with zero attached hydrogens (tertiary/aromatic N) is 3. The van der Waals surface area contributed by atoms with Crippen LogP contribution in [0.5, 0.6) is 0 Å². The van der Waals surface area contributed by atoms with Crippen LogP contribution in [-0.2, 0) is 16.1 Å². The molecule has 2 unspecified atom stereocenters. The molecule has 2 atom stereocenters. The lowest BCUT2D eigenvalue weighted by atomic mass is 9.92. The number of fused-ring (bicyclic) bond motifs is 3. The highest BCUT2D eigenvalue weighted by molar-refractivity contribution is 7.22. The van der Waals surface area contributed by atoms with Crippen LogP contribution in [0.1, 0.15) is 53.3 Å². The zero-order chi connectivity index (χ0) is 27.5.